The van der Waals surface area contributed by atoms with Gasteiger partial charge in [0.2, 0.25) is 0 Å². The molecule has 7 heteroatoms. The number of aromatic nitrogens is 3. The van der Waals surface area contributed by atoms with E-state index in [2.05, 4.69) is 27.0 Å². The number of nitrogens with zero attached hydrogens (tertiary/aromatic N) is 5. The third kappa shape index (κ3) is 4.28. The Morgan fingerprint density at radius 1 is 1.31 bits per heavy atom. The van der Waals surface area contributed by atoms with Gasteiger partial charge in [-0.25, -0.2) is 4.68 Å². The van der Waals surface area contributed by atoms with Gasteiger partial charge in [0.25, 0.3) is 0 Å². The molecule has 26 heavy (non-hydrogen) atoms. The molecule has 0 amide bonds. The molecule has 2 heterocycles. The van der Waals surface area contributed by atoms with Gasteiger partial charge >= 0.3 is 5.97 Å². The quantitative estimate of drug-likeness (QED) is 0.819. The minimum absolute atomic E-state index is 0.127. The standard InChI is InChI=1S/C19H27N5O2/c1-3-22(14-19(25)26)16-9-11-23(12-10-16)15(2)18-13-24(21-20-18)17-7-5-4-6-8-17/h4-8,13,15-16H,3,9-12,14H2,1-2H3,(H,25,26). The van der Waals surface area contributed by atoms with Gasteiger partial charge in [-0.05, 0) is 38.4 Å². The summed E-state index contributed by atoms with van der Waals surface area (Å²) in [6.45, 7) is 6.98. The van der Waals surface area contributed by atoms with Crippen LogP contribution in [0.3, 0.4) is 0 Å². The predicted molar refractivity (Wildman–Crippen MR) is 99.3 cm³/mol. The highest BCUT2D eigenvalue weighted by Gasteiger charge is 2.28. The van der Waals surface area contributed by atoms with Gasteiger partial charge in [-0.2, -0.15) is 0 Å². The molecule has 1 atom stereocenters. The first-order chi connectivity index (χ1) is 12.6. The lowest BCUT2D eigenvalue weighted by molar-refractivity contribution is -0.139. The van der Waals surface area contributed by atoms with E-state index in [0.717, 1.165) is 43.9 Å². The number of aliphatic carboxylic acids is 1. The smallest absolute Gasteiger partial charge is 0.317 e. The predicted octanol–water partition coefficient (Wildman–Crippen LogP) is 2.20. The van der Waals surface area contributed by atoms with Gasteiger partial charge in [-0.1, -0.05) is 30.3 Å². The lowest BCUT2D eigenvalue weighted by atomic mass is 10.0. The molecule has 1 N–H and O–H groups in total. The number of carbonyl (C=O) groups is 1. The fourth-order valence-electron chi connectivity index (χ4n) is 3.67. The summed E-state index contributed by atoms with van der Waals surface area (Å²) in [5.41, 5.74) is 1.97. The van der Waals surface area contributed by atoms with Crippen LogP contribution in [0, 0.1) is 0 Å². The van der Waals surface area contributed by atoms with Crippen molar-refractivity contribution in [3.8, 4) is 5.69 Å². The van der Waals surface area contributed by atoms with Crippen molar-refractivity contribution in [3.63, 3.8) is 0 Å². The highest BCUT2D eigenvalue weighted by molar-refractivity contribution is 5.69. The molecule has 1 aromatic heterocycles. The van der Waals surface area contributed by atoms with Crippen molar-refractivity contribution in [2.45, 2.75) is 38.8 Å². The van der Waals surface area contributed by atoms with Crippen molar-refractivity contribution in [1.82, 2.24) is 24.8 Å². The Bertz CT molecular complexity index is 710. The van der Waals surface area contributed by atoms with Crippen molar-refractivity contribution in [2.24, 2.45) is 0 Å². The summed E-state index contributed by atoms with van der Waals surface area (Å²) < 4.78 is 1.81. The first-order valence-electron chi connectivity index (χ1n) is 9.26. The highest BCUT2D eigenvalue weighted by atomic mass is 16.4. The molecule has 140 valence electrons. The second kappa shape index (κ2) is 8.42. The zero-order valence-corrected chi connectivity index (χ0v) is 15.5. The fraction of sp³-hybridized carbons (Fsp3) is 0.526. The number of likely N-dealkylation sites (tertiary alicyclic amines) is 1. The molecule has 3 rings (SSSR count). The monoisotopic (exact) mass is 357 g/mol. The van der Waals surface area contributed by atoms with Gasteiger partial charge in [0.1, 0.15) is 0 Å². The minimum Gasteiger partial charge on any atom is -0.480 e. The van der Waals surface area contributed by atoms with Crippen LogP contribution in [0.4, 0.5) is 0 Å². The van der Waals surface area contributed by atoms with Crippen LogP contribution < -0.4 is 0 Å². The minimum atomic E-state index is -0.750. The largest absolute Gasteiger partial charge is 0.480 e. The Morgan fingerprint density at radius 2 is 2.00 bits per heavy atom. The van der Waals surface area contributed by atoms with E-state index >= 15 is 0 Å². The number of hydrogen-bond donors (Lipinski definition) is 1. The number of carboxylic acid groups (broad SMARTS) is 1. The number of likely N-dealkylation sites (N-methyl/N-ethyl adjacent to an activating group) is 1. The molecule has 2 aromatic rings. The summed E-state index contributed by atoms with van der Waals surface area (Å²) in [5, 5.41) is 17.7. The average molecular weight is 357 g/mol. The SMILES string of the molecule is CCN(CC(=O)O)C1CCN(C(C)c2cn(-c3ccccc3)nn2)CC1. The van der Waals surface area contributed by atoms with Crippen LogP contribution in [0.2, 0.25) is 0 Å². The van der Waals surface area contributed by atoms with Crippen molar-refractivity contribution < 1.29 is 9.90 Å². The van der Waals surface area contributed by atoms with Gasteiger partial charge in [0.05, 0.1) is 30.2 Å². The van der Waals surface area contributed by atoms with Crippen molar-refractivity contribution in [3.05, 3.63) is 42.2 Å². The Kier molecular flexibility index (Phi) is 6.00. The first kappa shape index (κ1) is 18.5. The maximum Gasteiger partial charge on any atom is 0.317 e. The lowest BCUT2D eigenvalue weighted by Gasteiger charge is -2.39. The number of piperidine rings is 1. The van der Waals surface area contributed by atoms with Crippen LogP contribution in [0.15, 0.2) is 36.5 Å². The highest BCUT2D eigenvalue weighted by Crippen LogP contribution is 2.25. The molecule has 7 nitrogen and oxygen atoms in total. The lowest BCUT2D eigenvalue weighted by Crippen LogP contribution is -2.47. The number of carboxylic acids is 1. The molecular weight excluding hydrogens is 330 g/mol. The second-order valence-corrected chi connectivity index (χ2v) is 6.82. The Labute approximate surface area is 154 Å². The number of para-hydroxylation sites is 1. The van der Waals surface area contributed by atoms with E-state index in [9.17, 15) is 4.79 Å². The summed E-state index contributed by atoms with van der Waals surface area (Å²) in [4.78, 5) is 15.5. The fourth-order valence-corrected chi connectivity index (χ4v) is 3.67. The third-order valence-corrected chi connectivity index (χ3v) is 5.27. The third-order valence-electron chi connectivity index (χ3n) is 5.27. The molecule has 1 aliphatic heterocycles. The van der Waals surface area contributed by atoms with Gasteiger partial charge < -0.3 is 5.11 Å². The van der Waals surface area contributed by atoms with E-state index in [1.165, 1.54) is 0 Å². The molecule has 1 saturated heterocycles. The zero-order valence-electron chi connectivity index (χ0n) is 15.5. The zero-order chi connectivity index (χ0) is 18.5. The Hall–Kier alpha value is -2.25. The molecule has 0 saturated carbocycles. The molecule has 1 unspecified atom stereocenters. The summed E-state index contributed by atoms with van der Waals surface area (Å²) in [6.07, 6.45) is 3.96. The molecule has 1 aliphatic rings. The van der Waals surface area contributed by atoms with Crippen molar-refractivity contribution in [1.29, 1.82) is 0 Å². The van der Waals surface area contributed by atoms with Gasteiger partial charge in [0, 0.05) is 19.1 Å². The first-order valence-corrected chi connectivity index (χ1v) is 9.26. The van der Waals surface area contributed by atoms with Gasteiger partial charge in [-0.3, -0.25) is 14.6 Å². The number of rotatable bonds is 7. The summed E-state index contributed by atoms with van der Waals surface area (Å²) in [5.74, 6) is -0.750. The molecule has 1 aromatic carbocycles. The maximum absolute atomic E-state index is 11.0. The Balaban J connectivity index is 1.59. The van der Waals surface area contributed by atoms with Crippen molar-refractivity contribution >= 4 is 5.97 Å². The molecule has 1 fully saturated rings. The van der Waals surface area contributed by atoms with Gasteiger partial charge in [0.15, 0.2) is 0 Å². The average Bonchev–Trinajstić information content (AvgIpc) is 3.16. The molecular formula is C19H27N5O2. The Morgan fingerprint density at radius 3 is 2.62 bits per heavy atom. The molecule has 0 spiro atoms. The summed E-state index contributed by atoms with van der Waals surface area (Å²) in [6, 6.07) is 10.5. The molecule has 0 aliphatic carbocycles. The maximum atomic E-state index is 11.0. The van der Waals surface area contributed by atoms with E-state index in [-0.39, 0.29) is 12.6 Å². The number of benzene rings is 1. The topological polar surface area (TPSA) is 74.5 Å². The second-order valence-electron chi connectivity index (χ2n) is 6.82. The van der Waals surface area contributed by atoms with E-state index in [1.807, 2.05) is 48.1 Å². The van der Waals surface area contributed by atoms with Gasteiger partial charge in [-0.15, -0.1) is 5.10 Å². The summed E-state index contributed by atoms with van der Waals surface area (Å²) >= 11 is 0. The number of hydrogen-bond acceptors (Lipinski definition) is 5. The van der Waals surface area contributed by atoms with Crippen LogP contribution in [0.1, 0.15) is 38.4 Å². The van der Waals surface area contributed by atoms with E-state index in [4.69, 9.17) is 5.11 Å². The normalized spacial score (nSPS) is 17.5. The van der Waals surface area contributed by atoms with Crippen LogP contribution in [-0.2, 0) is 4.79 Å². The van der Waals surface area contributed by atoms with Crippen LogP contribution in [-0.4, -0.2) is 68.1 Å². The van der Waals surface area contributed by atoms with Crippen molar-refractivity contribution in [2.75, 3.05) is 26.2 Å². The molecule has 0 bridgehead atoms. The van der Waals surface area contributed by atoms with E-state index in [1.54, 1.807) is 0 Å². The van der Waals surface area contributed by atoms with Crippen LogP contribution in [0.5, 0.6) is 0 Å². The van der Waals surface area contributed by atoms with E-state index < -0.39 is 5.97 Å². The van der Waals surface area contributed by atoms with E-state index in [0.29, 0.717) is 6.04 Å². The molecule has 0 radical (unpaired) electrons. The van der Waals surface area contributed by atoms with Crippen LogP contribution in [0.25, 0.3) is 5.69 Å². The van der Waals surface area contributed by atoms with Crippen LogP contribution >= 0.6 is 0 Å². The summed E-state index contributed by atoms with van der Waals surface area (Å²) in [7, 11) is 0.